The highest BCUT2D eigenvalue weighted by Crippen LogP contribution is 2.30. The smallest absolute Gasteiger partial charge is 0.0995 e. The lowest BCUT2D eigenvalue weighted by molar-refractivity contribution is 0.308. The van der Waals surface area contributed by atoms with Gasteiger partial charge in [0.2, 0.25) is 0 Å². The molecule has 0 unspecified atom stereocenters. The van der Waals surface area contributed by atoms with Crippen molar-refractivity contribution in [3.05, 3.63) is 70.9 Å². The zero-order valence-electron chi connectivity index (χ0n) is 14.8. The highest BCUT2D eigenvalue weighted by molar-refractivity contribution is 5.66. The van der Waals surface area contributed by atoms with Crippen LogP contribution in [-0.4, -0.2) is 28.3 Å². The third-order valence-corrected chi connectivity index (χ3v) is 4.97. The average molecular weight is 343 g/mol. The average Bonchev–Trinajstić information content (AvgIpc) is 3.00. The van der Waals surface area contributed by atoms with Crippen LogP contribution < -0.4 is 5.73 Å². The first-order valence-electron chi connectivity index (χ1n) is 8.76. The number of fused-ring (bicyclic) bond motifs is 1. The summed E-state index contributed by atoms with van der Waals surface area (Å²) in [7, 11) is 2.14. The number of hydrogen-bond donors (Lipinski definition) is 1. The van der Waals surface area contributed by atoms with Gasteiger partial charge in [-0.2, -0.15) is 10.4 Å². The Kier molecular flexibility index (Phi) is 4.19. The maximum Gasteiger partial charge on any atom is 0.0995 e. The van der Waals surface area contributed by atoms with Gasteiger partial charge < -0.3 is 10.6 Å². The summed E-state index contributed by atoms with van der Waals surface area (Å²) in [6.45, 7) is 2.51. The molecule has 3 aromatic rings. The Morgan fingerprint density at radius 2 is 1.92 bits per heavy atom. The fraction of sp³-hybridized carbons (Fsp3) is 0.238. The zero-order chi connectivity index (χ0) is 18.1. The number of nitrogen functional groups attached to an aromatic ring is 1. The standard InChI is InChI=1S/C21H21N5/c1-25-11-10-20-19(14-25)21(15-6-8-18(23)9-7-15)24-26(20)13-17-5-3-2-4-16(17)12-22/h2-9H,10-11,13-14,23H2,1H3. The maximum absolute atomic E-state index is 9.38. The van der Waals surface area contributed by atoms with E-state index in [4.69, 9.17) is 10.8 Å². The van der Waals surface area contributed by atoms with Gasteiger partial charge in [-0.25, -0.2) is 0 Å². The van der Waals surface area contributed by atoms with Crippen molar-refractivity contribution in [1.29, 1.82) is 5.26 Å². The molecule has 0 bridgehead atoms. The van der Waals surface area contributed by atoms with Crippen LogP contribution in [0.15, 0.2) is 48.5 Å². The van der Waals surface area contributed by atoms with Crippen LogP contribution in [0.5, 0.6) is 0 Å². The van der Waals surface area contributed by atoms with E-state index in [-0.39, 0.29) is 0 Å². The van der Waals surface area contributed by atoms with Gasteiger partial charge in [0, 0.05) is 42.0 Å². The van der Waals surface area contributed by atoms with Gasteiger partial charge in [0.25, 0.3) is 0 Å². The Morgan fingerprint density at radius 3 is 2.69 bits per heavy atom. The number of likely N-dealkylation sites (N-methyl/N-ethyl adjacent to an activating group) is 1. The largest absolute Gasteiger partial charge is 0.399 e. The highest BCUT2D eigenvalue weighted by atomic mass is 15.3. The minimum Gasteiger partial charge on any atom is -0.399 e. The van der Waals surface area contributed by atoms with Crippen molar-refractivity contribution < 1.29 is 0 Å². The quantitative estimate of drug-likeness (QED) is 0.742. The molecule has 1 aromatic heterocycles. The molecule has 0 atom stereocenters. The molecule has 0 saturated heterocycles. The first kappa shape index (κ1) is 16.4. The molecule has 4 rings (SSSR count). The van der Waals surface area contributed by atoms with Gasteiger partial charge in [0.15, 0.2) is 0 Å². The molecule has 5 nitrogen and oxygen atoms in total. The third kappa shape index (κ3) is 2.96. The molecule has 0 fully saturated rings. The van der Waals surface area contributed by atoms with Crippen LogP contribution in [0.1, 0.15) is 22.4 Å². The van der Waals surface area contributed by atoms with Gasteiger partial charge in [-0.3, -0.25) is 4.68 Å². The first-order chi connectivity index (χ1) is 12.7. The van der Waals surface area contributed by atoms with E-state index in [1.807, 2.05) is 48.5 Å². The number of rotatable bonds is 3. The van der Waals surface area contributed by atoms with Crippen molar-refractivity contribution in [2.75, 3.05) is 19.3 Å². The van der Waals surface area contributed by atoms with E-state index in [9.17, 15) is 5.26 Å². The maximum atomic E-state index is 9.38. The van der Waals surface area contributed by atoms with Crippen LogP contribution in [0, 0.1) is 11.3 Å². The fourth-order valence-electron chi connectivity index (χ4n) is 3.56. The Bertz CT molecular complexity index is 979. The fourth-order valence-corrected chi connectivity index (χ4v) is 3.56. The number of nitriles is 1. The first-order valence-corrected chi connectivity index (χ1v) is 8.76. The van der Waals surface area contributed by atoms with Gasteiger partial charge >= 0.3 is 0 Å². The minimum absolute atomic E-state index is 0.616. The van der Waals surface area contributed by atoms with Crippen LogP contribution >= 0.6 is 0 Å². The summed E-state index contributed by atoms with van der Waals surface area (Å²) in [5, 5.41) is 14.3. The number of aromatic nitrogens is 2. The van der Waals surface area contributed by atoms with E-state index in [2.05, 4.69) is 22.7 Å². The summed E-state index contributed by atoms with van der Waals surface area (Å²) < 4.78 is 2.07. The van der Waals surface area contributed by atoms with Crippen molar-refractivity contribution in [3.8, 4) is 17.3 Å². The summed E-state index contributed by atoms with van der Waals surface area (Å²) in [5.41, 5.74) is 12.9. The third-order valence-electron chi connectivity index (χ3n) is 4.97. The topological polar surface area (TPSA) is 70.9 Å². The van der Waals surface area contributed by atoms with Crippen molar-refractivity contribution in [1.82, 2.24) is 14.7 Å². The predicted octanol–water partition coefficient (Wildman–Crippen LogP) is 3.04. The molecule has 0 saturated carbocycles. The molecule has 0 radical (unpaired) electrons. The van der Waals surface area contributed by atoms with E-state index in [1.54, 1.807) is 0 Å². The molecule has 2 heterocycles. The molecule has 2 aromatic carbocycles. The second-order valence-corrected chi connectivity index (χ2v) is 6.81. The van der Waals surface area contributed by atoms with Gasteiger partial charge in [-0.1, -0.05) is 30.3 Å². The molecule has 0 aliphatic carbocycles. The summed E-state index contributed by atoms with van der Waals surface area (Å²) in [6.07, 6.45) is 0.961. The SMILES string of the molecule is CN1CCc2c(c(-c3ccc(N)cc3)nn2Cc2ccccc2C#N)C1. The van der Waals surface area contributed by atoms with Gasteiger partial charge in [-0.05, 0) is 30.8 Å². The molecular formula is C21H21N5. The van der Waals surface area contributed by atoms with Crippen LogP contribution in [-0.2, 0) is 19.5 Å². The lowest BCUT2D eigenvalue weighted by Gasteiger charge is -2.23. The molecular weight excluding hydrogens is 322 g/mol. The molecule has 2 N–H and O–H groups in total. The molecule has 0 spiro atoms. The Balaban J connectivity index is 1.80. The molecule has 1 aliphatic rings. The lowest BCUT2D eigenvalue weighted by atomic mass is 10.0. The Labute approximate surface area is 153 Å². The van der Waals surface area contributed by atoms with Crippen molar-refractivity contribution >= 4 is 5.69 Å². The summed E-state index contributed by atoms with van der Waals surface area (Å²) in [6, 6.07) is 17.9. The zero-order valence-corrected chi connectivity index (χ0v) is 14.8. The summed E-state index contributed by atoms with van der Waals surface area (Å²) in [5.74, 6) is 0. The van der Waals surface area contributed by atoms with Gasteiger partial charge in [0.05, 0.1) is 23.9 Å². The predicted molar refractivity (Wildman–Crippen MR) is 102 cm³/mol. The van der Waals surface area contributed by atoms with E-state index < -0.39 is 0 Å². The lowest BCUT2D eigenvalue weighted by Crippen LogP contribution is -2.27. The Morgan fingerprint density at radius 1 is 1.15 bits per heavy atom. The van der Waals surface area contributed by atoms with Crippen molar-refractivity contribution in [2.45, 2.75) is 19.5 Å². The highest BCUT2D eigenvalue weighted by Gasteiger charge is 2.24. The second-order valence-electron chi connectivity index (χ2n) is 6.81. The number of hydrogen-bond acceptors (Lipinski definition) is 4. The van der Waals surface area contributed by atoms with Crippen molar-refractivity contribution in [3.63, 3.8) is 0 Å². The van der Waals surface area contributed by atoms with Crippen LogP contribution in [0.3, 0.4) is 0 Å². The molecule has 26 heavy (non-hydrogen) atoms. The number of benzene rings is 2. The van der Waals surface area contributed by atoms with Crippen LogP contribution in [0.25, 0.3) is 11.3 Å². The van der Waals surface area contributed by atoms with E-state index in [1.165, 1.54) is 11.3 Å². The van der Waals surface area contributed by atoms with Crippen molar-refractivity contribution in [2.24, 2.45) is 0 Å². The second kappa shape index (κ2) is 6.66. The van der Waals surface area contributed by atoms with E-state index in [0.717, 1.165) is 42.0 Å². The summed E-state index contributed by atoms with van der Waals surface area (Å²) in [4.78, 5) is 2.32. The monoisotopic (exact) mass is 343 g/mol. The minimum atomic E-state index is 0.616. The van der Waals surface area contributed by atoms with Crippen LogP contribution in [0.4, 0.5) is 5.69 Å². The number of anilines is 1. The molecule has 1 aliphatic heterocycles. The van der Waals surface area contributed by atoms with E-state index >= 15 is 0 Å². The normalized spacial score (nSPS) is 14.0. The van der Waals surface area contributed by atoms with Crippen LogP contribution in [0.2, 0.25) is 0 Å². The molecule has 5 heteroatoms. The van der Waals surface area contributed by atoms with Gasteiger partial charge in [0.1, 0.15) is 0 Å². The molecule has 130 valence electrons. The Hall–Kier alpha value is -3.10. The molecule has 0 amide bonds. The number of nitrogens with two attached hydrogens (primary N) is 1. The van der Waals surface area contributed by atoms with Gasteiger partial charge in [-0.15, -0.1) is 0 Å². The summed E-state index contributed by atoms with van der Waals surface area (Å²) >= 11 is 0. The van der Waals surface area contributed by atoms with E-state index in [0.29, 0.717) is 12.1 Å². The number of nitrogens with zero attached hydrogens (tertiary/aromatic N) is 4.